The number of carbonyl (C=O) groups excluding carboxylic acids is 2. The number of hydrogen-bond donors (Lipinski definition) is 0. The average molecular weight is 609 g/mol. The summed E-state index contributed by atoms with van der Waals surface area (Å²) in [6.45, 7) is 0. The predicted octanol–water partition coefficient (Wildman–Crippen LogP) is 9.23. The van der Waals surface area contributed by atoms with Crippen LogP contribution in [0.4, 0.5) is 11.4 Å². The van der Waals surface area contributed by atoms with E-state index in [0.717, 1.165) is 33.4 Å². The van der Waals surface area contributed by atoms with E-state index in [2.05, 4.69) is 0 Å². The highest BCUT2D eigenvalue weighted by Gasteiger charge is 2.57. The van der Waals surface area contributed by atoms with Crippen LogP contribution in [0.3, 0.4) is 0 Å². The zero-order valence-electron chi connectivity index (χ0n) is 25.7. The number of carbonyl (C=O) groups is 2. The summed E-state index contributed by atoms with van der Waals surface area (Å²) in [6, 6.07) is 58.5. The van der Waals surface area contributed by atoms with Gasteiger partial charge in [-0.05, 0) is 69.8 Å². The van der Waals surface area contributed by atoms with Crippen LogP contribution in [-0.4, -0.2) is 11.8 Å². The number of hydrogen-bond acceptors (Lipinski definition) is 2. The minimum Gasteiger partial charge on any atom is -0.271 e. The second kappa shape index (κ2) is 13.0. The molecule has 0 aromatic heterocycles. The molecule has 1 aliphatic heterocycles. The molecule has 0 aliphatic carbocycles. The van der Waals surface area contributed by atoms with Crippen LogP contribution in [-0.2, 0) is 9.59 Å². The van der Waals surface area contributed by atoms with Gasteiger partial charge in [-0.2, -0.15) is 0 Å². The molecule has 0 radical (unpaired) electrons. The summed E-state index contributed by atoms with van der Waals surface area (Å²) < 4.78 is 0. The van der Waals surface area contributed by atoms with Gasteiger partial charge in [0.25, 0.3) is 11.8 Å². The number of nitrogens with zero attached hydrogens (tertiary/aromatic N) is 2. The standard InChI is InChI=1S/C43H32N2O2/c46-41-43(31-39(33-19-7-1-8-20-33)34-21-9-2-10-22-34,32-40(35-23-11-3-12-24-35)36-25-13-4-14-26-36)42(47)45(38-29-17-6-18-30-38)44(41)37-27-15-5-16-28-37/h1-32H. The molecule has 47 heavy (non-hydrogen) atoms. The molecule has 1 aliphatic rings. The second-order valence-electron chi connectivity index (χ2n) is 11.4. The molecule has 0 N–H and O–H groups in total. The van der Waals surface area contributed by atoms with Gasteiger partial charge in [0.05, 0.1) is 11.4 Å². The van der Waals surface area contributed by atoms with Crippen LogP contribution in [0.2, 0.25) is 0 Å². The van der Waals surface area contributed by atoms with E-state index in [1.54, 1.807) is 0 Å². The summed E-state index contributed by atoms with van der Waals surface area (Å²) in [5, 5.41) is 3.04. The van der Waals surface area contributed by atoms with Gasteiger partial charge in [0.2, 0.25) is 0 Å². The van der Waals surface area contributed by atoms with Crippen LogP contribution in [0.1, 0.15) is 22.3 Å². The molecule has 226 valence electrons. The zero-order chi connectivity index (χ0) is 32.1. The Kier molecular flexibility index (Phi) is 8.14. The largest absolute Gasteiger partial charge is 0.271 e. The highest BCUT2D eigenvalue weighted by Crippen LogP contribution is 2.45. The molecule has 1 heterocycles. The van der Waals surface area contributed by atoms with E-state index < -0.39 is 5.41 Å². The van der Waals surface area contributed by atoms with Crippen molar-refractivity contribution in [1.29, 1.82) is 0 Å². The third-order valence-electron chi connectivity index (χ3n) is 8.38. The van der Waals surface area contributed by atoms with Crippen LogP contribution in [0.5, 0.6) is 0 Å². The number of para-hydroxylation sites is 2. The van der Waals surface area contributed by atoms with E-state index in [1.807, 2.05) is 194 Å². The van der Waals surface area contributed by atoms with Gasteiger partial charge in [-0.1, -0.05) is 158 Å². The number of hydrazine groups is 1. The van der Waals surface area contributed by atoms with Crippen LogP contribution in [0.15, 0.2) is 194 Å². The molecule has 1 saturated heterocycles. The van der Waals surface area contributed by atoms with E-state index in [-0.39, 0.29) is 11.8 Å². The van der Waals surface area contributed by atoms with E-state index in [9.17, 15) is 0 Å². The maximum Gasteiger partial charge on any atom is 0.269 e. The summed E-state index contributed by atoms with van der Waals surface area (Å²) in [5.41, 5.74) is 4.64. The summed E-state index contributed by atoms with van der Waals surface area (Å²) in [4.78, 5) is 30.8. The Morgan fingerprint density at radius 1 is 0.362 bits per heavy atom. The van der Waals surface area contributed by atoms with Crippen molar-refractivity contribution in [3.8, 4) is 0 Å². The molecule has 0 bridgehead atoms. The van der Waals surface area contributed by atoms with Crippen molar-refractivity contribution in [1.82, 2.24) is 0 Å². The number of benzene rings is 6. The Hall–Kier alpha value is -6.26. The topological polar surface area (TPSA) is 40.6 Å². The predicted molar refractivity (Wildman–Crippen MR) is 190 cm³/mol. The summed E-state index contributed by atoms with van der Waals surface area (Å²) in [5.74, 6) is -0.738. The summed E-state index contributed by atoms with van der Waals surface area (Å²) in [6.07, 6.45) is 3.74. The van der Waals surface area contributed by atoms with Crippen LogP contribution in [0, 0.1) is 5.41 Å². The van der Waals surface area contributed by atoms with E-state index in [4.69, 9.17) is 0 Å². The maximum atomic E-state index is 15.4. The normalized spacial score (nSPS) is 13.7. The lowest BCUT2D eigenvalue weighted by atomic mass is 9.78. The van der Waals surface area contributed by atoms with Crippen molar-refractivity contribution in [3.05, 3.63) is 216 Å². The Balaban J connectivity index is 1.58. The molecule has 6 aromatic carbocycles. The van der Waals surface area contributed by atoms with Crippen molar-refractivity contribution in [2.24, 2.45) is 5.41 Å². The van der Waals surface area contributed by atoms with Crippen molar-refractivity contribution in [2.45, 2.75) is 0 Å². The fraction of sp³-hybridized carbons (Fsp3) is 0.0233. The minimum absolute atomic E-state index is 0.369. The van der Waals surface area contributed by atoms with Gasteiger partial charge in [-0.25, -0.2) is 10.0 Å². The van der Waals surface area contributed by atoms with Gasteiger partial charge in [0, 0.05) is 0 Å². The molecule has 4 nitrogen and oxygen atoms in total. The van der Waals surface area contributed by atoms with Crippen molar-refractivity contribution < 1.29 is 9.59 Å². The third kappa shape index (κ3) is 5.69. The monoisotopic (exact) mass is 608 g/mol. The highest BCUT2D eigenvalue weighted by atomic mass is 16.2. The van der Waals surface area contributed by atoms with Crippen molar-refractivity contribution in [2.75, 3.05) is 10.0 Å². The Bertz CT molecular complexity index is 1810. The van der Waals surface area contributed by atoms with Crippen LogP contribution in [0.25, 0.3) is 11.1 Å². The van der Waals surface area contributed by atoms with Crippen LogP contribution >= 0.6 is 0 Å². The quantitative estimate of drug-likeness (QED) is 0.162. The SMILES string of the molecule is O=C1N(c2ccccc2)N(c2ccccc2)C(=O)C1(C=C(c1ccccc1)c1ccccc1)C=C(c1ccccc1)c1ccccc1. The van der Waals surface area contributed by atoms with Gasteiger partial charge in [0.1, 0.15) is 0 Å². The molecular weight excluding hydrogens is 576 g/mol. The first-order chi connectivity index (χ1) is 23.2. The molecule has 0 atom stereocenters. The van der Waals surface area contributed by atoms with Gasteiger partial charge >= 0.3 is 0 Å². The van der Waals surface area contributed by atoms with Gasteiger partial charge in [-0.3, -0.25) is 9.59 Å². The molecule has 0 spiro atoms. The smallest absolute Gasteiger partial charge is 0.269 e. The molecular formula is C43H32N2O2. The van der Waals surface area contributed by atoms with Crippen molar-refractivity contribution >= 4 is 34.3 Å². The van der Waals surface area contributed by atoms with Crippen LogP contribution < -0.4 is 10.0 Å². The fourth-order valence-electron chi connectivity index (χ4n) is 6.11. The molecule has 0 unspecified atom stereocenters. The maximum absolute atomic E-state index is 15.4. The lowest BCUT2D eigenvalue weighted by Crippen LogP contribution is -2.41. The van der Waals surface area contributed by atoms with Gasteiger partial charge < -0.3 is 0 Å². The van der Waals surface area contributed by atoms with E-state index >= 15 is 9.59 Å². The Morgan fingerprint density at radius 2 is 0.596 bits per heavy atom. The Morgan fingerprint density at radius 3 is 0.851 bits per heavy atom. The van der Waals surface area contributed by atoms with Gasteiger partial charge in [-0.15, -0.1) is 0 Å². The number of rotatable bonds is 8. The molecule has 7 rings (SSSR count). The molecule has 1 fully saturated rings. The molecule has 4 heteroatoms. The van der Waals surface area contributed by atoms with E-state index in [0.29, 0.717) is 11.4 Å². The molecule has 2 amide bonds. The number of anilines is 2. The molecule has 6 aromatic rings. The first-order valence-electron chi connectivity index (χ1n) is 15.6. The fourth-order valence-corrected chi connectivity index (χ4v) is 6.11. The Labute approximate surface area is 275 Å². The highest BCUT2D eigenvalue weighted by molar-refractivity contribution is 6.30. The second-order valence-corrected chi connectivity index (χ2v) is 11.4. The first kappa shape index (κ1) is 29.5. The lowest BCUT2D eigenvalue weighted by Gasteiger charge is -2.27. The minimum atomic E-state index is -1.73. The average Bonchev–Trinajstić information content (AvgIpc) is 3.36. The van der Waals surface area contributed by atoms with E-state index in [1.165, 1.54) is 10.0 Å². The molecule has 0 saturated carbocycles. The number of amides is 2. The van der Waals surface area contributed by atoms with Gasteiger partial charge in [0.15, 0.2) is 5.41 Å². The van der Waals surface area contributed by atoms with Crippen molar-refractivity contribution in [3.63, 3.8) is 0 Å². The third-order valence-corrected chi connectivity index (χ3v) is 8.38. The first-order valence-corrected chi connectivity index (χ1v) is 15.6. The summed E-state index contributed by atoms with van der Waals surface area (Å²) in [7, 11) is 0. The zero-order valence-corrected chi connectivity index (χ0v) is 25.7. The lowest BCUT2D eigenvalue weighted by molar-refractivity contribution is -0.129. The summed E-state index contributed by atoms with van der Waals surface area (Å²) >= 11 is 0.